The van der Waals surface area contributed by atoms with Crippen molar-refractivity contribution in [1.82, 2.24) is 4.72 Å². The average Bonchev–Trinajstić information content (AvgIpc) is 2.11. The van der Waals surface area contributed by atoms with Gasteiger partial charge in [-0.2, -0.15) is 11.8 Å². The van der Waals surface area contributed by atoms with Gasteiger partial charge in [0.05, 0.1) is 5.75 Å². The van der Waals surface area contributed by atoms with Crippen molar-refractivity contribution < 1.29 is 13.5 Å². The van der Waals surface area contributed by atoms with Crippen LogP contribution in [0.15, 0.2) is 0 Å². The summed E-state index contributed by atoms with van der Waals surface area (Å²) in [4.78, 5) is 0. The lowest BCUT2D eigenvalue weighted by Gasteiger charge is -2.09. The Morgan fingerprint density at radius 2 is 2.15 bits per heavy atom. The predicted molar refractivity (Wildman–Crippen MR) is 56.5 cm³/mol. The van der Waals surface area contributed by atoms with Crippen LogP contribution in [0.4, 0.5) is 0 Å². The zero-order valence-corrected chi connectivity index (χ0v) is 9.62. The fourth-order valence-electron chi connectivity index (χ4n) is 0.654. The van der Waals surface area contributed by atoms with Crippen LogP contribution < -0.4 is 4.72 Å². The van der Waals surface area contributed by atoms with Crippen LogP contribution >= 0.6 is 11.8 Å². The lowest BCUT2D eigenvalue weighted by atomic mass is 10.5. The molecule has 0 fully saturated rings. The van der Waals surface area contributed by atoms with Crippen LogP contribution in [0.3, 0.4) is 0 Å². The summed E-state index contributed by atoms with van der Waals surface area (Å²) in [6, 6.07) is 0. The van der Waals surface area contributed by atoms with E-state index in [0.717, 1.165) is 0 Å². The Kier molecular flexibility index (Phi) is 6.75. The summed E-state index contributed by atoms with van der Waals surface area (Å²) >= 11 is 1.61. The molecule has 1 atom stereocenters. The van der Waals surface area contributed by atoms with E-state index in [9.17, 15) is 8.42 Å². The molecule has 0 aromatic heterocycles. The Morgan fingerprint density at radius 1 is 1.54 bits per heavy atom. The Hall–Kier alpha value is 0.220. The van der Waals surface area contributed by atoms with Crippen LogP contribution in [-0.4, -0.2) is 43.9 Å². The van der Waals surface area contributed by atoms with E-state index < -0.39 is 10.0 Å². The number of aliphatic hydroxyl groups excluding tert-OH is 1. The summed E-state index contributed by atoms with van der Waals surface area (Å²) in [5, 5.41) is 8.74. The zero-order chi connectivity index (χ0) is 10.3. The highest BCUT2D eigenvalue weighted by atomic mass is 32.2. The van der Waals surface area contributed by atoms with E-state index in [1.165, 1.54) is 0 Å². The second-order valence-corrected chi connectivity index (χ2v) is 5.99. The van der Waals surface area contributed by atoms with Crippen LogP contribution in [0.25, 0.3) is 0 Å². The van der Waals surface area contributed by atoms with Gasteiger partial charge in [-0.15, -0.1) is 0 Å². The van der Waals surface area contributed by atoms with Crippen molar-refractivity contribution in [2.24, 2.45) is 0 Å². The van der Waals surface area contributed by atoms with Gasteiger partial charge in [0.25, 0.3) is 0 Å². The van der Waals surface area contributed by atoms with Gasteiger partial charge in [0, 0.05) is 18.4 Å². The minimum atomic E-state index is -3.17. The number of sulfonamides is 1. The number of thioether (sulfide) groups is 1. The van der Waals surface area contributed by atoms with Crippen molar-refractivity contribution in [3.63, 3.8) is 0 Å². The van der Waals surface area contributed by atoms with Crippen molar-refractivity contribution in [3.05, 3.63) is 0 Å². The maximum atomic E-state index is 11.2. The fourth-order valence-corrected chi connectivity index (χ4v) is 2.17. The van der Waals surface area contributed by atoms with Crippen molar-refractivity contribution in [3.8, 4) is 0 Å². The number of hydrogen-bond acceptors (Lipinski definition) is 4. The number of aliphatic hydroxyl groups is 1. The summed E-state index contributed by atoms with van der Waals surface area (Å²) in [6.07, 6.45) is 2.23. The normalized spacial score (nSPS) is 14.4. The molecular formula is C7H17NO3S2. The van der Waals surface area contributed by atoms with Crippen LogP contribution in [0.1, 0.15) is 13.3 Å². The lowest BCUT2D eigenvalue weighted by molar-refractivity contribution is 0.295. The molecule has 80 valence electrons. The summed E-state index contributed by atoms with van der Waals surface area (Å²) in [5.74, 6) is 0.00456. The molecule has 0 saturated heterocycles. The first-order chi connectivity index (χ1) is 6.02. The first-order valence-electron chi connectivity index (χ1n) is 4.13. The fraction of sp³-hybridized carbons (Fsp3) is 1.00. The van der Waals surface area contributed by atoms with E-state index in [2.05, 4.69) is 4.72 Å². The van der Waals surface area contributed by atoms with Gasteiger partial charge in [-0.05, 0) is 12.7 Å². The van der Waals surface area contributed by atoms with Crippen LogP contribution in [-0.2, 0) is 10.0 Å². The SMILES string of the molecule is CSC(C)CNS(=O)(=O)CCCO. The van der Waals surface area contributed by atoms with E-state index in [1.807, 2.05) is 13.2 Å². The minimum Gasteiger partial charge on any atom is -0.396 e. The second kappa shape index (κ2) is 6.64. The van der Waals surface area contributed by atoms with Crippen molar-refractivity contribution >= 4 is 21.8 Å². The van der Waals surface area contributed by atoms with Gasteiger partial charge >= 0.3 is 0 Å². The molecule has 0 spiro atoms. The van der Waals surface area contributed by atoms with Crippen LogP contribution in [0.2, 0.25) is 0 Å². The monoisotopic (exact) mass is 227 g/mol. The van der Waals surface area contributed by atoms with Gasteiger partial charge in [-0.3, -0.25) is 0 Å². The molecule has 1 unspecified atom stereocenters. The predicted octanol–water partition coefficient (Wildman–Crippen LogP) is 0.0397. The lowest BCUT2D eigenvalue weighted by Crippen LogP contribution is -2.31. The Labute approximate surface area is 84.2 Å². The third-order valence-electron chi connectivity index (χ3n) is 1.56. The molecule has 0 amide bonds. The molecule has 0 aromatic rings. The number of nitrogens with one attached hydrogen (secondary N) is 1. The summed E-state index contributed by atoms with van der Waals surface area (Å²) in [5.41, 5.74) is 0. The van der Waals surface area contributed by atoms with E-state index in [-0.39, 0.29) is 17.6 Å². The van der Waals surface area contributed by atoms with Crippen LogP contribution in [0.5, 0.6) is 0 Å². The third-order valence-corrected chi connectivity index (χ3v) is 3.97. The molecule has 0 rings (SSSR count). The van der Waals surface area contributed by atoms with Crippen molar-refractivity contribution in [2.45, 2.75) is 18.6 Å². The van der Waals surface area contributed by atoms with Gasteiger partial charge in [0.1, 0.15) is 0 Å². The Morgan fingerprint density at radius 3 is 2.62 bits per heavy atom. The largest absolute Gasteiger partial charge is 0.396 e. The molecule has 0 aliphatic heterocycles. The van der Waals surface area contributed by atoms with Gasteiger partial charge < -0.3 is 5.11 Å². The van der Waals surface area contributed by atoms with E-state index in [1.54, 1.807) is 11.8 Å². The molecule has 2 N–H and O–H groups in total. The topological polar surface area (TPSA) is 66.4 Å². The molecular weight excluding hydrogens is 210 g/mol. The van der Waals surface area contributed by atoms with E-state index in [0.29, 0.717) is 13.0 Å². The zero-order valence-electron chi connectivity index (χ0n) is 7.99. The molecule has 0 radical (unpaired) electrons. The maximum absolute atomic E-state index is 11.2. The van der Waals surface area contributed by atoms with E-state index >= 15 is 0 Å². The van der Waals surface area contributed by atoms with Gasteiger partial charge in [0.15, 0.2) is 0 Å². The molecule has 13 heavy (non-hydrogen) atoms. The molecule has 0 bridgehead atoms. The van der Waals surface area contributed by atoms with Gasteiger partial charge in [-0.25, -0.2) is 13.1 Å². The van der Waals surface area contributed by atoms with Crippen molar-refractivity contribution in [1.29, 1.82) is 0 Å². The number of rotatable bonds is 7. The highest BCUT2D eigenvalue weighted by Gasteiger charge is 2.10. The molecule has 0 heterocycles. The Balaban J connectivity index is 3.76. The first-order valence-corrected chi connectivity index (χ1v) is 7.07. The number of hydrogen-bond donors (Lipinski definition) is 2. The highest BCUT2D eigenvalue weighted by molar-refractivity contribution is 7.99. The molecule has 0 aliphatic carbocycles. The van der Waals surface area contributed by atoms with Gasteiger partial charge in [-0.1, -0.05) is 6.92 Å². The molecule has 0 saturated carbocycles. The average molecular weight is 227 g/mol. The first kappa shape index (κ1) is 13.2. The smallest absolute Gasteiger partial charge is 0.211 e. The molecule has 6 heteroatoms. The minimum absolute atomic E-state index is 0.00456. The van der Waals surface area contributed by atoms with E-state index in [4.69, 9.17) is 5.11 Å². The summed E-state index contributed by atoms with van der Waals surface area (Å²) in [7, 11) is -3.17. The third kappa shape index (κ3) is 7.30. The molecule has 4 nitrogen and oxygen atoms in total. The summed E-state index contributed by atoms with van der Waals surface area (Å²) < 4.78 is 24.8. The van der Waals surface area contributed by atoms with Gasteiger partial charge in [0.2, 0.25) is 10.0 Å². The quantitative estimate of drug-likeness (QED) is 0.644. The maximum Gasteiger partial charge on any atom is 0.211 e. The van der Waals surface area contributed by atoms with Crippen molar-refractivity contribution in [2.75, 3.05) is 25.2 Å². The second-order valence-electron chi connectivity index (χ2n) is 2.79. The highest BCUT2D eigenvalue weighted by Crippen LogP contribution is 2.03. The van der Waals surface area contributed by atoms with Crippen LogP contribution in [0, 0.1) is 0 Å². The Bertz CT molecular complexity index is 216. The summed E-state index contributed by atoms with van der Waals surface area (Å²) in [6.45, 7) is 2.33. The molecule has 0 aliphatic rings. The molecule has 0 aromatic carbocycles. The standard InChI is InChI=1S/C7H17NO3S2/c1-7(12-2)6-8-13(10,11)5-3-4-9/h7-9H,3-6H2,1-2H3.